The number of carbonyl (C=O) groups excluding carboxylic acids is 2. The second-order valence-corrected chi connectivity index (χ2v) is 6.45. The van der Waals surface area contributed by atoms with E-state index >= 15 is 0 Å². The van der Waals surface area contributed by atoms with E-state index in [0.29, 0.717) is 6.54 Å². The SMILES string of the molecule is CCC(C)NC(=O)C1CCC(C(=O)NCc2cccnc2)CC1. The summed E-state index contributed by atoms with van der Waals surface area (Å²) in [6, 6.07) is 4.04. The molecule has 1 heterocycles. The molecule has 1 unspecified atom stereocenters. The fourth-order valence-corrected chi connectivity index (χ4v) is 2.92. The molecule has 0 bridgehead atoms. The Kier molecular flexibility index (Phi) is 6.56. The zero-order chi connectivity index (χ0) is 16.7. The van der Waals surface area contributed by atoms with Gasteiger partial charge in [0.2, 0.25) is 11.8 Å². The van der Waals surface area contributed by atoms with Gasteiger partial charge < -0.3 is 10.6 Å². The van der Waals surface area contributed by atoms with Crippen LogP contribution in [0.3, 0.4) is 0 Å². The second kappa shape index (κ2) is 8.65. The third-order valence-electron chi connectivity index (χ3n) is 4.66. The van der Waals surface area contributed by atoms with Gasteiger partial charge >= 0.3 is 0 Å². The highest BCUT2D eigenvalue weighted by Gasteiger charge is 2.30. The molecule has 5 nitrogen and oxygen atoms in total. The summed E-state index contributed by atoms with van der Waals surface area (Å²) >= 11 is 0. The van der Waals surface area contributed by atoms with Gasteiger partial charge in [-0.2, -0.15) is 0 Å². The lowest BCUT2D eigenvalue weighted by Gasteiger charge is -2.28. The van der Waals surface area contributed by atoms with Crippen LogP contribution in [0.25, 0.3) is 0 Å². The van der Waals surface area contributed by atoms with Crippen LogP contribution < -0.4 is 10.6 Å². The summed E-state index contributed by atoms with van der Waals surface area (Å²) in [6.45, 7) is 4.60. The summed E-state index contributed by atoms with van der Waals surface area (Å²) < 4.78 is 0. The van der Waals surface area contributed by atoms with Crippen molar-refractivity contribution in [2.45, 2.75) is 58.5 Å². The normalized spacial score (nSPS) is 22.2. The standard InChI is InChI=1S/C18H27N3O2/c1-3-13(2)21-18(23)16-8-6-15(7-9-16)17(22)20-12-14-5-4-10-19-11-14/h4-5,10-11,13,15-16H,3,6-9,12H2,1-2H3,(H,20,22)(H,21,23). The topological polar surface area (TPSA) is 71.1 Å². The quantitative estimate of drug-likeness (QED) is 0.846. The van der Waals surface area contributed by atoms with Gasteiger partial charge in [0.15, 0.2) is 0 Å². The van der Waals surface area contributed by atoms with Gasteiger partial charge in [0, 0.05) is 36.8 Å². The number of amides is 2. The summed E-state index contributed by atoms with van der Waals surface area (Å²) in [5.74, 6) is 0.328. The molecule has 2 N–H and O–H groups in total. The van der Waals surface area contributed by atoms with E-state index < -0.39 is 0 Å². The van der Waals surface area contributed by atoms with Crippen molar-refractivity contribution in [1.82, 2.24) is 15.6 Å². The Morgan fingerprint density at radius 2 is 1.87 bits per heavy atom. The van der Waals surface area contributed by atoms with E-state index in [2.05, 4.69) is 22.5 Å². The Hall–Kier alpha value is -1.91. The third kappa shape index (κ3) is 5.34. The van der Waals surface area contributed by atoms with Crippen LogP contribution in [0, 0.1) is 11.8 Å². The molecule has 0 saturated heterocycles. The predicted molar refractivity (Wildman–Crippen MR) is 89.4 cm³/mol. The van der Waals surface area contributed by atoms with Gasteiger partial charge in [0.1, 0.15) is 0 Å². The van der Waals surface area contributed by atoms with Crippen molar-refractivity contribution < 1.29 is 9.59 Å². The number of hydrogen-bond acceptors (Lipinski definition) is 3. The van der Waals surface area contributed by atoms with Crippen LogP contribution in [0.2, 0.25) is 0 Å². The van der Waals surface area contributed by atoms with Crippen molar-refractivity contribution in [2.24, 2.45) is 11.8 Å². The van der Waals surface area contributed by atoms with Crippen molar-refractivity contribution in [2.75, 3.05) is 0 Å². The zero-order valence-corrected chi connectivity index (χ0v) is 14.0. The van der Waals surface area contributed by atoms with Gasteiger partial charge in [-0.25, -0.2) is 0 Å². The monoisotopic (exact) mass is 317 g/mol. The molecular weight excluding hydrogens is 290 g/mol. The van der Waals surface area contributed by atoms with Gasteiger partial charge in [-0.05, 0) is 50.7 Å². The molecule has 0 aliphatic heterocycles. The highest BCUT2D eigenvalue weighted by molar-refractivity contribution is 5.81. The van der Waals surface area contributed by atoms with Gasteiger partial charge in [-0.3, -0.25) is 14.6 Å². The summed E-state index contributed by atoms with van der Waals surface area (Å²) in [5, 5.41) is 6.02. The Labute approximate surface area is 138 Å². The molecule has 1 aromatic heterocycles. The number of nitrogens with one attached hydrogen (secondary N) is 2. The highest BCUT2D eigenvalue weighted by Crippen LogP contribution is 2.29. The van der Waals surface area contributed by atoms with E-state index in [4.69, 9.17) is 0 Å². The van der Waals surface area contributed by atoms with Crippen LogP contribution in [0.1, 0.15) is 51.5 Å². The number of aromatic nitrogens is 1. The molecule has 1 aliphatic carbocycles. The van der Waals surface area contributed by atoms with Crippen LogP contribution in [0.4, 0.5) is 0 Å². The molecule has 1 aliphatic rings. The van der Waals surface area contributed by atoms with Gasteiger partial charge in [0.05, 0.1) is 0 Å². The number of rotatable bonds is 6. The third-order valence-corrected chi connectivity index (χ3v) is 4.66. The number of hydrogen-bond donors (Lipinski definition) is 2. The number of pyridine rings is 1. The predicted octanol–water partition coefficient (Wildman–Crippen LogP) is 2.42. The van der Waals surface area contributed by atoms with Gasteiger partial charge in [-0.1, -0.05) is 13.0 Å². The smallest absolute Gasteiger partial charge is 0.223 e. The second-order valence-electron chi connectivity index (χ2n) is 6.45. The molecule has 1 aromatic rings. The first-order valence-corrected chi connectivity index (χ1v) is 8.57. The van der Waals surface area contributed by atoms with Crippen LogP contribution in [0.5, 0.6) is 0 Å². The molecule has 1 atom stereocenters. The molecule has 1 saturated carbocycles. The maximum absolute atomic E-state index is 12.2. The first-order valence-electron chi connectivity index (χ1n) is 8.57. The van der Waals surface area contributed by atoms with Crippen LogP contribution >= 0.6 is 0 Å². The minimum absolute atomic E-state index is 0.0271. The van der Waals surface area contributed by atoms with Crippen LogP contribution in [-0.2, 0) is 16.1 Å². The lowest BCUT2D eigenvalue weighted by Crippen LogP contribution is -2.40. The molecule has 0 aromatic carbocycles. The van der Waals surface area contributed by atoms with Gasteiger partial charge in [-0.15, -0.1) is 0 Å². The molecule has 0 spiro atoms. The van der Waals surface area contributed by atoms with Crippen molar-refractivity contribution >= 4 is 11.8 Å². The van der Waals surface area contributed by atoms with E-state index in [1.807, 2.05) is 19.1 Å². The Morgan fingerprint density at radius 3 is 2.43 bits per heavy atom. The molecule has 0 radical (unpaired) electrons. The lowest BCUT2D eigenvalue weighted by atomic mass is 9.81. The van der Waals surface area contributed by atoms with E-state index in [1.54, 1.807) is 12.4 Å². The van der Waals surface area contributed by atoms with Crippen molar-refractivity contribution in [3.63, 3.8) is 0 Å². The molecule has 1 fully saturated rings. The van der Waals surface area contributed by atoms with Crippen molar-refractivity contribution in [3.8, 4) is 0 Å². The van der Waals surface area contributed by atoms with Crippen molar-refractivity contribution in [3.05, 3.63) is 30.1 Å². The molecule has 2 rings (SSSR count). The average molecular weight is 317 g/mol. The number of carbonyl (C=O) groups is 2. The summed E-state index contributed by atoms with van der Waals surface area (Å²) in [6.07, 6.45) is 7.60. The fourth-order valence-electron chi connectivity index (χ4n) is 2.92. The van der Waals surface area contributed by atoms with E-state index in [1.165, 1.54) is 0 Å². The molecule has 23 heavy (non-hydrogen) atoms. The van der Waals surface area contributed by atoms with Crippen molar-refractivity contribution in [1.29, 1.82) is 0 Å². The molecule has 2 amide bonds. The van der Waals surface area contributed by atoms with E-state index in [-0.39, 0.29) is 29.7 Å². The van der Waals surface area contributed by atoms with E-state index in [9.17, 15) is 9.59 Å². The van der Waals surface area contributed by atoms with Crippen LogP contribution in [0.15, 0.2) is 24.5 Å². The summed E-state index contributed by atoms with van der Waals surface area (Å²) in [4.78, 5) is 28.4. The first kappa shape index (κ1) is 17.4. The van der Waals surface area contributed by atoms with Crippen LogP contribution in [-0.4, -0.2) is 22.8 Å². The highest BCUT2D eigenvalue weighted by atomic mass is 16.2. The van der Waals surface area contributed by atoms with E-state index in [0.717, 1.165) is 37.7 Å². The minimum Gasteiger partial charge on any atom is -0.353 e. The molecule has 5 heteroatoms. The maximum atomic E-state index is 12.2. The largest absolute Gasteiger partial charge is 0.353 e. The Morgan fingerprint density at radius 1 is 1.22 bits per heavy atom. The zero-order valence-electron chi connectivity index (χ0n) is 14.0. The minimum atomic E-state index is 0.0271. The lowest BCUT2D eigenvalue weighted by molar-refractivity contribution is -0.131. The summed E-state index contributed by atoms with van der Waals surface area (Å²) in [5.41, 5.74) is 1.00. The average Bonchev–Trinajstić information content (AvgIpc) is 2.60. The maximum Gasteiger partial charge on any atom is 0.223 e. The van der Waals surface area contributed by atoms with Gasteiger partial charge in [0.25, 0.3) is 0 Å². The Bertz CT molecular complexity index is 510. The number of nitrogens with zero attached hydrogens (tertiary/aromatic N) is 1. The summed E-state index contributed by atoms with van der Waals surface area (Å²) in [7, 11) is 0. The molecular formula is C18H27N3O2. The first-order chi connectivity index (χ1) is 11.1. The molecule has 126 valence electrons. The fraction of sp³-hybridized carbons (Fsp3) is 0.611. The Balaban J connectivity index is 1.73.